The van der Waals surface area contributed by atoms with Gasteiger partial charge in [-0.2, -0.15) is 0 Å². The van der Waals surface area contributed by atoms with Crippen molar-refractivity contribution < 1.29 is 9.15 Å². The zero-order valence-electron chi connectivity index (χ0n) is 21.2. The van der Waals surface area contributed by atoms with Crippen LogP contribution in [0.15, 0.2) is 59.5 Å². The van der Waals surface area contributed by atoms with E-state index in [-0.39, 0.29) is 5.60 Å². The molecule has 0 bridgehead atoms. The molecule has 188 valence electrons. The maximum absolute atomic E-state index is 6.22. The molecular formula is C30H30N4O2S. The standard InChI is InChI=1S/C30H30N4O2S/c1-30(2)16-21-22(17-36-30)25(23-9-6-14-35-23)33-29-24(21)26-27(37-29)28(32-18-31-26)34-12-10-20(11-13-34)15-19-7-4-3-5-8-19/h3-9,14,18,20H,10-13,15-17H2,1-2H3. The first-order valence-corrected chi connectivity index (χ1v) is 13.9. The van der Waals surface area contributed by atoms with Gasteiger partial charge in [-0.15, -0.1) is 11.3 Å². The number of ether oxygens (including phenoxy) is 1. The number of rotatable bonds is 4. The van der Waals surface area contributed by atoms with E-state index in [1.807, 2.05) is 12.1 Å². The van der Waals surface area contributed by atoms with Gasteiger partial charge in [-0.25, -0.2) is 15.0 Å². The third-order valence-electron chi connectivity index (χ3n) is 7.85. The number of anilines is 1. The second kappa shape index (κ2) is 8.92. The molecule has 1 fully saturated rings. The highest BCUT2D eigenvalue weighted by Gasteiger charge is 2.33. The molecule has 5 aromatic rings. The highest BCUT2D eigenvalue weighted by atomic mass is 32.1. The molecule has 6 nitrogen and oxygen atoms in total. The molecule has 0 N–H and O–H groups in total. The molecule has 0 saturated carbocycles. The predicted molar refractivity (Wildman–Crippen MR) is 148 cm³/mol. The minimum absolute atomic E-state index is 0.244. The average Bonchev–Trinajstić information content (AvgIpc) is 3.57. The lowest BCUT2D eigenvalue weighted by molar-refractivity contribution is -0.0395. The van der Waals surface area contributed by atoms with Crippen LogP contribution in [0.2, 0.25) is 0 Å². The van der Waals surface area contributed by atoms with E-state index in [0.717, 1.165) is 69.2 Å². The maximum atomic E-state index is 6.22. The van der Waals surface area contributed by atoms with Gasteiger partial charge in [0, 0.05) is 30.5 Å². The second-order valence-corrected chi connectivity index (χ2v) is 11.9. The van der Waals surface area contributed by atoms with E-state index in [2.05, 4.69) is 49.1 Å². The van der Waals surface area contributed by atoms with Gasteiger partial charge < -0.3 is 14.1 Å². The van der Waals surface area contributed by atoms with Crippen LogP contribution in [-0.4, -0.2) is 33.6 Å². The van der Waals surface area contributed by atoms with Crippen molar-refractivity contribution in [1.82, 2.24) is 15.0 Å². The summed E-state index contributed by atoms with van der Waals surface area (Å²) in [5.41, 5.74) is 5.49. The lowest BCUT2D eigenvalue weighted by Gasteiger charge is -2.33. The molecule has 7 rings (SSSR count). The lowest BCUT2D eigenvalue weighted by Crippen LogP contribution is -2.35. The van der Waals surface area contributed by atoms with Crippen molar-refractivity contribution in [3.63, 3.8) is 0 Å². The first kappa shape index (κ1) is 22.9. The van der Waals surface area contributed by atoms with Crippen LogP contribution in [0, 0.1) is 5.92 Å². The third-order valence-corrected chi connectivity index (χ3v) is 8.91. The first-order valence-electron chi connectivity index (χ1n) is 13.1. The lowest BCUT2D eigenvalue weighted by atomic mass is 9.88. The Kier molecular flexibility index (Phi) is 5.52. The number of pyridine rings is 1. The summed E-state index contributed by atoms with van der Waals surface area (Å²) in [6, 6.07) is 14.8. The van der Waals surface area contributed by atoms with Crippen molar-refractivity contribution in [2.24, 2.45) is 5.92 Å². The molecule has 1 aromatic carbocycles. The quantitative estimate of drug-likeness (QED) is 0.265. The van der Waals surface area contributed by atoms with Crippen LogP contribution in [0.4, 0.5) is 5.82 Å². The van der Waals surface area contributed by atoms with Crippen LogP contribution < -0.4 is 4.90 Å². The number of hydrogen-bond acceptors (Lipinski definition) is 7. The van der Waals surface area contributed by atoms with Gasteiger partial charge in [0.25, 0.3) is 0 Å². The van der Waals surface area contributed by atoms with Crippen LogP contribution in [0.5, 0.6) is 0 Å². The monoisotopic (exact) mass is 510 g/mol. The Morgan fingerprint density at radius 2 is 1.86 bits per heavy atom. The number of thiophene rings is 1. The van der Waals surface area contributed by atoms with Crippen LogP contribution in [0.3, 0.4) is 0 Å². The summed E-state index contributed by atoms with van der Waals surface area (Å²) in [6.45, 7) is 6.86. The van der Waals surface area contributed by atoms with Gasteiger partial charge in [0.05, 0.1) is 28.7 Å². The Hall–Kier alpha value is -3.29. The highest BCUT2D eigenvalue weighted by Crippen LogP contribution is 2.45. The Bertz CT molecular complexity index is 1570. The molecule has 0 aliphatic carbocycles. The van der Waals surface area contributed by atoms with E-state index >= 15 is 0 Å². The third kappa shape index (κ3) is 4.10. The minimum atomic E-state index is -0.244. The molecule has 4 aromatic heterocycles. The van der Waals surface area contributed by atoms with Crippen LogP contribution in [0.25, 0.3) is 31.9 Å². The minimum Gasteiger partial charge on any atom is -0.463 e. The number of benzene rings is 1. The summed E-state index contributed by atoms with van der Waals surface area (Å²) in [5.74, 6) is 2.54. The average molecular weight is 511 g/mol. The van der Waals surface area contributed by atoms with Crippen LogP contribution >= 0.6 is 11.3 Å². The summed E-state index contributed by atoms with van der Waals surface area (Å²) in [5, 5.41) is 1.16. The number of aromatic nitrogens is 3. The Labute approximate surface area is 220 Å². The summed E-state index contributed by atoms with van der Waals surface area (Å²) in [6.07, 6.45) is 7.75. The Balaban J connectivity index is 1.28. The molecule has 0 radical (unpaired) electrons. The van der Waals surface area contributed by atoms with Gasteiger partial charge in [-0.1, -0.05) is 30.3 Å². The van der Waals surface area contributed by atoms with E-state index in [1.165, 1.54) is 24.0 Å². The van der Waals surface area contributed by atoms with Gasteiger partial charge in [0.1, 0.15) is 22.7 Å². The second-order valence-electron chi connectivity index (χ2n) is 10.9. The molecule has 2 aliphatic heterocycles. The molecule has 0 atom stereocenters. The summed E-state index contributed by atoms with van der Waals surface area (Å²) in [4.78, 5) is 18.2. The van der Waals surface area contributed by atoms with Gasteiger partial charge in [0.15, 0.2) is 5.76 Å². The van der Waals surface area contributed by atoms with Crippen molar-refractivity contribution in [2.75, 3.05) is 18.0 Å². The SMILES string of the molecule is CC1(C)Cc2c(c(-c3ccco3)nc3sc4c(N5CCC(Cc6ccccc6)CC5)ncnc4c23)CO1. The van der Waals surface area contributed by atoms with Crippen molar-refractivity contribution >= 4 is 37.6 Å². The Morgan fingerprint density at radius 3 is 2.65 bits per heavy atom. The number of hydrogen-bond donors (Lipinski definition) is 0. The molecule has 2 aliphatic rings. The highest BCUT2D eigenvalue weighted by molar-refractivity contribution is 7.26. The van der Waals surface area contributed by atoms with E-state index in [4.69, 9.17) is 24.1 Å². The number of furan rings is 1. The van der Waals surface area contributed by atoms with Crippen LogP contribution in [0.1, 0.15) is 43.4 Å². The van der Waals surface area contributed by atoms with E-state index in [1.54, 1.807) is 23.9 Å². The van der Waals surface area contributed by atoms with E-state index < -0.39 is 0 Å². The zero-order valence-corrected chi connectivity index (χ0v) is 22.1. The van der Waals surface area contributed by atoms with E-state index in [9.17, 15) is 0 Å². The van der Waals surface area contributed by atoms with Gasteiger partial charge in [-0.3, -0.25) is 0 Å². The smallest absolute Gasteiger partial charge is 0.152 e. The maximum Gasteiger partial charge on any atom is 0.152 e. The fourth-order valence-electron chi connectivity index (χ4n) is 5.93. The van der Waals surface area contributed by atoms with Gasteiger partial charge >= 0.3 is 0 Å². The van der Waals surface area contributed by atoms with E-state index in [0.29, 0.717) is 12.5 Å². The molecule has 1 saturated heterocycles. The molecule has 7 heteroatoms. The first-order chi connectivity index (χ1) is 18.1. The Morgan fingerprint density at radius 1 is 1.03 bits per heavy atom. The predicted octanol–water partition coefficient (Wildman–Crippen LogP) is 6.81. The summed E-state index contributed by atoms with van der Waals surface area (Å²) >= 11 is 1.71. The summed E-state index contributed by atoms with van der Waals surface area (Å²) < 4.78 is 13.1. The molecule has 0 spiro atoms. The molecule has 37 heavy (non-hydrogen) atoms. The van der Waals surface area contributed by atoms with Crippen molar-refractivity contribution in [3.05, 3.63) is 71.7 Å². The van der Waals surface area contributed by atoms with Crippen molar-refractivity contribution in [1.29, 1.82) is 0 Å². The molecular weight excluding hydrogens is 480 g/mol. The molecule has 0 amide bonds. The number of nitrogens with zero attached hydrogens (tertiary/aromatic N) is 4. The van der Waals surface area contributed by atoms with Crippen LogP contribution in [-0.2, 0) is 24.2 Å². The topological polar surface area (TPSA) is 64.3 Å². The number of fused-ring (bicyclic) bond motifs is 5. The number of piperidine rings is 1. The zero-order chi connectivity index (χ0) is 25.0. The molecule has 0 unspecified atom stereocenters. The largest absolute Gasteiger partial charge is 0.463 e. The fraction of sp³-hybridized carbons (Fsp3) is 0.367. The summed E-state index contributed by atoms with van der Waals surface area (Å²) in [7, 11) is 0. The van der Waals surface area contributed by atoms with Crippen molar-refractivity contribution in [3.8, 4) is 11.5 Å². The normalized spacial score (nSPS) is 17.9. The molecule has 6 heterocycles. The fourth-order valence-corrected chi connectivity index (χ4v) is 7.11. The van der Waals surface area contributed by atoms with Gasteiger partial charge in [0.2, 0.25) is 0 Å². The van der Waals surface area contributed by atoms with Gasteiger partial charge in [-0.05, 0) is 62.3 Å². The van der Waals surface area contributed by atoms with Crippen molar-refractivity contribution in [2.45, 2.75) is 51.7 Å².